The molecule has 0 saturated heterocycles. The summed E-state index contributed by atoms with van der Waals surface area (Å²) in [6.45, 7) is 0. The second kappa shape index (κ2) is 4.50. The van der Waals surface area contributed by atoms with Crippen molar-refractivity contribution in [1.82, 2.24) is 0 Å². The number of rotatable bonds is 3. The lowest BCUT2D eigenvalue weighted by atomic mass is 10.2. The van der Waals surface area contributed by atoms with Gasteiger partial charge in [0.25, 0.3) is 0 Å². The number of halogens is 1. The van der Waals surface area contributed by atoms with E-state index >= 15 is 0 Å². The molecular weight excluding hydrogens is 205 g/mol. The van der Waals surface area contributed by atoms with E-state index in [0.29, 0.717) is 0 Å². The lowest BCUT2D eigenvalue weighted by molar-refractivity contribution is 0.0595. The van der Waals surface area contributed by atoms with Gasteiger partial charge in [-0.25, -0.2) is 9.18 Å². The first kappa shape index (κ1) is 11.1. The Bertz CT molecular complexity index is 405. The first-order valence-corrected chi connectivity index (χ1v) is 3.93. The molecule has 6 heteroatoms. The number of nitroso groups, excluding NO2 is 1. The number of methoxy groups -OCH3 is 2. The Labute approximate surface area is 84.8 Å². The molecule has 5 nitrogen and oxygen atoms in total. The smallest absolute Gasteiger partial charge is 0.340 e. The minimum Gasteiger partial charge on any atom is -0.494 e. The van der Waals surface area contributed by atoms with Crippen LogP contribution in [0, 0.1) is 10.7 Å². The zero-order chi connectivity index (χ0) is 11.4. The Morgan fingerprint density at radius 3 is 2.53 bits per heavy atom. The molecule has 0 amide bonds. The molecule has 0 aliphatic carbocycles. The summed E-state index contributed by atoms with van der Waals surface area (Å²) in [6, 6.07) is 1.88. The second-order valence-corrected chi connectivity index (χ2v) is 2.59. The fourth-order valence-corrected chi connectivity index (χ4v) is 1.04. The van der Waals surface area contributed by atoms with Crippen LogP contribution in [0.25, 0.3) is 0 Å². The van der Waals surface area contributed by atoms with Gasteiger partial charge in [-0.1, -0.05) is 0 Å². The molecule has 1 aromatic rings. The van der Waals surface area contributed by atoms with Gasteiger partial charge in [-0.3, -0.25) is 0 Å². The van der Waals surface area contributed by atoms with Crippen LogP contribution in [0.5, 0.6) is 5.75 Å². The van der Waals surface area contributed by atoms with E-state index in [1.54, 1.807) is 0 Å². The van der Waals surface area contributed by atoms with Crippen LogP contribution in [0.15, 0.2) is 17.3 Å². The van der Waals surface area contributed by atoms with Crippen molar-refractivity contribution < 1.29 is 18.7 Å². The van der Waals surface area contributed by atoms with Gasteiger partial charge in [0.1, 0.15) is 11.6 Å². The first-order chi connectivity index (χ1) is 7.13. The molecule has 0 heterocycles. The molecule has 0 saturated carbocycles. The standard InChI is InChI=1S/C9H8FNO4/c1-14-8-3-5(9(12)15-2)6(10)4-7(8)11-13/h3-4H,1-2H3. The Kier molecular flexibility index (Phi) is 3.33. The van der Waals surface area contributed by atoms with E-state index in [0.717, 1.165) is 19.2 Å². The van der Waals surface area contributed by atoms with Crippen molar-refractivity contribution in [3.8, 4) is 5.75 Å². The van der Waals surface area contributed by atoms with E-state index in [2.05, 4.69) is 9.91 Å². The minimum atomic E-state index is -0.878. The Morgan fingerprint density at radius 1 is 1.40 bits per heavy atom. The molecule has 0 aliphatic rings. The zero-order valence-electron chi connectivity index (χ0n) is 8.11. The lowest BCUT2D eigenvalue weighted by Crippen LogP contribution is -2.04. The van der Waals surface area contributed by atoms with Gasteiger partial charge < -0.3 is 9.47 Å². The van der Waals surface area contributed by atoms with Crippen LogP contribution in [0.2, 0.25) is 0 Å². The van der Waals surface area contributed by atoms with Crippen molar-refractivity contribution in [3.63, 3.8) is 0 Å². The van der Waals surface area contributed by atoms with Crippen LogP contribution in [-0.4, -0.2) is 20.2 Å². The predicted molar refractivity (Wildman–Crippen MR) is 49.7 cm³/mol. The average Bonchev–Trinajstić information content (AvgIpc) is 2.27. The van der Waals surface area contributed by atoms with E-state index in [1.807, 2.05) is 0 Å². The molecule has 0 N–H and O–H groups in total. The maximum Gasteiger partial charge on any atom is 0.340 e. The number of hydrogen-bond donors (Lipinski definition) is 0. The molecule has 1 rings (SSSR count). The fourth-order valence-electron chi connectivity index (χ4n) is 1.04. The van der Waals surface area contributed by atoms with Crippen LogP contribution < -0.4 is 4.74 Å². The highest BCUT2D eigenvalue weighted by atomic mass is 19.1. The quantitative estimate of drug-likeness (QED) is 0.569. The molecule has 0 fully saturated rings. The Hall–Kier alpha value is -1.98. The molecule has 0 atom stereocenters. The molecule has 0 aromatic heterocycles. The monoisotopic (exact) mass is 213 g/mol. The summed E-state index contributed by atoms with van der Waals surface area (Å²) in [7, 11) is 2.41. The minimum absolute atomic E-state index is 0.0202. The van der Waals surface area contributed by atoms with Gasteiger partial charge in [0.2, 0.25) is 0 Å². The molecule has 0 aliphatic heterocycles. The molecular formula is C9H8FNO4. The highest BCUT2D eigenvalue weighted by molar-refractivity contribution is 5.90. The Morgan fingerprint density at radius 2 is 2.07 bits per heavy atom. The number of hydrogen-bond acceptors (Lipinski definition) is 5. The summed E-state index contributed by atoms with van der Waals surface area (Å²) >= 11 is 0. The van der Waals surface area contributed by atoms with Crippen molar-refractivity contribution >= 4 is 11.7 Å². The van der Waals surface area contributed by atoms with Crippen molar-refractivity contribution in [1.29, 1.82) is 0 Å². The summed E-state index contributed by atoms with van der Waals surface area (Å²) in [5.74, 6) is -1.70. The van der Waals surface area contributed by atoms with E-state index in [-0.39, 0.29) is 17.0 Å². The van der Waals surface area contributed by atoms with Gasteiger partial charge in [-0.15, -0.1) is 4.91 Å². The third kappa shape index (κ3) is 2.09. The largest absolute Gasteiger partial charge is 0.494 e. The van der Waals surface area contributed by atoms with E-state index in [9.17, 15) is 14.1 Å². The predicted octanol–water partition coefficient (Wildman–Crippen LogP) is 2.02. The van der Waals surface area contributed by atoms with Crippen molar-refractivity contribution in [2.45, 2.75) is 0 Å². The number of benzene rings is 1. The summed E-state index contributed by atoms with van der Waals surface area (Å²) in [5.41, 5.74) is -0.510. The van der Waals surface area contributed by atoms with Crippen LogP contribution in [-0.2, 0) is 4.74 Å². The van der Waals surface area contributed by atoms with Crippen molar-refractivity contribution in [2.24, 2.45) is 5.18 Å². The SMILES string of the molecule is COC(=O)c1cc(OC)c(N=O)cc1F. The van der Waals surface area contributed by atoms with Gasteiger partial charge in [-0.2, -0.15) is 0 Å². The fraction of sp³-hybridized carbons (Fsp3) is 0.222. The van der Waals surface area contributed by atoms with Crippen LogP contribution in [0.3, 0.4) is 0 Å². The van der Waals surface area contributed by atoms with Crippen molar-refractivity contribution in [3.05, 3.63) is 28.4 Å². The van der Waals surface area contributed by atoms with Crippen LogP contribution >= 0.6 is 0 Å². The number of carbonyl (C=O) groups excluding carboxylic acids is 1. The number of carbonyl (C=O) groups is 1. The number of esters is 1. The first-order valence-electron chi connectivity index (χ1n) is 3.93. The molecule has 1 aromatic carbocycles. The summed E-state index contributed by atoms with van der Waals surface area (Å²) in [5, 5.41) is 2.56. The summed E-state index contributed by atoms with van der Waals surface area (Å²) in [6.07, 6.45) is 0. The highest BCUT2D eigenvalue weighted by Gasteiger charge is 2.17. The zero-order valence-corrected chi connectivity index (χ0v) is 8.11. The Balaban J connectivity index is 3.31. The van der Waals surface area contributed by atoms with E-state index in [4.69, 9.17) is 4.74 Å². The van der Waals surface area contributed by atoms with E-state index in [1.165, 1.54) is 7.11 Å². The van der Waals surface area contributed by atoms with Gasteiger partial charge in [0.05, 0.1) is 19.8 Å². The van der Waals surface area contributed by atoms with Gasteiger partial charge in [0, 0.05) is 6.07 Å². The molecule has 0 bridgehead atoms. The highest BCUT2D eigenvalue weighted by Crippen LogP contribution is 2.30. The normalized spacial score (nSPS) is 9.53. The topological polar surface area (TPSA) is 65.0 Å². The molecule has 80 valence electrons. The van der Waals surface area contributed by atoms with Gasteiger partial charge in [0.15, 0.2) is 5.69 Å². The molecule has 0 unspecified atom stereocenters. The number of ether oxygens (including phenoxy) is 2. The molecule has 15 heavy (non-hydrogen) atoms. The van der Waals surface area contributed by atoms with Crippen LogP contribution in [0.4, 0.5) is 10.1 Å². The van der Waals surface area contributed by atoms with Crippen molar-refractivity contribution in [2.75, 3.05) is 14.2 Å². The third-order valence-electron chi connectivity index (χ3n) is 1.77. The summed E-state index contributed by atoms with van der Waals surface area (Å²) < 4.78 is 22.3. The lowest BCUT2D eigenvalue weighted by Gasteiger charge is -2.05. The molecule has 0 spiro atoms. The maximum absolute atomic E-state index is 13.2. The third-order valence-corrected chi connectivity index (χ3v) is 1.77. The van der Waals surface area contributed by atoms with Gasteiger partial charge in [-0.05, 0) is 11.2 Å². The number of nitrogens with zero attached hydrogens (tertiary/aromatic N) is 1. The summed E-state index contributed by atoms with van der Waals surface area (Å²) in [4.78, 5) is 21.4. The van der Waals surface area contributed by atoms with E-state index < -0.39 is 11.8 Å². The second-order valence-electron chi connectivity index (χ2n) is 2.59. The average molecular weight is 213 g/mol. The maximum atomic E-state index is 13.2. The molecule has 0 radical (unpaired) electrons. The van der Waals surface area contributed by atoms with Gasteiger partial charge >= 0.3 is 5.97 Å². The van der Waals surface area contributed by atoms with Crippen LogP contribution in [0.1, 0.15) is 10.4 Å².